The molecule has 0 fully saturated rings. The summed E-state index contributed by atoms with van der Waals surface area (Å²) in [6.07, 6.45) is -3.17. The van der Waals surface area contributed by atoms with Gasteiger partial charge in [0.25, 0.3) is 0 Å². The summed E-state index contributed by atoms with van der Waals surface area (Å²) >= 11 is 6.01. The third-order valence-corrected chi connectivity index (χ3v) is 3.84. The molecule has 134 valence electrons. The first-order valence-electron chi connectivity index (χ1n) is 7.17. The molecule has 0 saturated carbocycles. The molecule has 1 heterocycles. The Morgan fingerprint density at radius 3 is 2.65 bits per heavy atom. The minimum atomic E-state index is -4.48. The van der Waals surface area contributed by atoms with Crippen molar-refractivity contribution in [1.82, 2.24) is 15.0 Å². The van der Waals surface area contributed by atoms with Crippen molar-refractivity contribution in [3.05, 3.63) is 64.8 Å². The van der Waals surface area contributed by atoms with Gasteiger partial charge in [0.05, 0.1) is 23.1 Å². The number of hydrogen-bond donors (Lipinski definition) is 2. The molecule has 0 radical (unpaired) electrons. The van der Waals surface area contributed by atoms with Gasteiger partial charge in [-0.15, -0.1) is 5.10 Å². The Morgan fingerprint density at radius 1 is 1.19 bits per heavy atom. The van der Waals surface area contributed by atoms with Crippen molar-refractivity contribution in [2.45, 2.75) is 6.18 Å². The van der Waals surface area contributed by atoms with E-state index >= 15 is 0 Å². The molecule has 0 aliphatic heterocycles. The SMILES string of the molecule is N/C(=N\O)c1ccc(Cl)cc1-n1nncc1-c1cccc(C(F)(F)F)c1. The van der Waals surface area contributed by atoms with E-state index in [1.165, 1.54) is 41.2 Å². The van der Waals surface area contributed by atoms with Gasteiger partial charge in [-0.2, -0.15) is 13.2 Å². The van der Waals surface area contributed by atoms with Crippen LogP contribution in [0.1, 0.15) is 11.1 Å². The fraction of sp³-hybridized carbons (Fsp3) is 0.0625. The largest absolute Gasteiger partial charge is 0.416 e. The lowest BCUT2D eigenvalue weighted by atomic mass is 10.1. The third-order valence-electron chi connectivity index (χ3n) is 3.61. The Kier molecular flexibility index (Phi) is 4.56. The predicted molar refractivity (Wildman–Crippen MR) is 89.3 cm³/mol. The number of benzene rings is 2. The molecule has 26 heavy (non-hydrogen) atoms. The zero-order valence-corrected chi connectivity index (χ0v) is 13.7. The van der Waals surface area contributed by atoms with E-state index in [0.29, 0.717) is 10.7 Å². The summed E-state index contributed by atoms with van der Waals surface area (Å²) in [5, 5.41) is 19.9. The van der Waals surface area contributed by atoms with E-state index in [4.69, 9.17) is 22.5 Å². The van der Waals surface area contributed by atoms with Gasteiger partial charge in [-0.05, 0) is 30.3 Å². The fourth-order valence-corrected chi connectivity index (χ4v) is 2.58. The molecule has 3 N–H and O–H groups in total. The molecule has 3 aromatic rings. The van der Waals surface area contributed by atoms with Gasteiger partial charge in [-0.1, -0.05) is 34.1 Å². The van der Waals surface area contributed by atoms with E-state index < -0.39 is 11.7 Å². The van der Waals surface area contributed by atoms with Crippen LogP contribution in [0.2, 0.25) is 5.02 Å². The predicted octanol–water partition coefficient (Wildman–Crippen LogP) is 3.70. The van der Waals surface area contributed by atoms with Gasteiger partial charge in [0.2, 0.25) is 0 Å². The second kappa shape index (κ2) is 6.68. The van der Waals surface area contributed by atoms with Crippen LogP contribution >= 0.6 is 11.6 Å². The first-order chi connectivity index (χ1) is 12.3. The molecule has 0 bridgehead atoms. The van der Waals surface area contributed by atoms with Crippen LogP contribution < -0.4 is 5.73 Å². The first kappa shape index (κ1) is 17.7. The molecule has 0 spiro atoms. The molecule has 10 heteroatoms. The maximum atomic E-state index is 13.0. The summed E-state index contributed by atoms with van der Waals surface area (Å²) in [7, 11) is 0. The summed E-state index contributed by atoms with van der Waals surface area (Å²) in [5.74, 6) is -0.206. The second-order valence-electron chi connectivity index (χ2n) is 5.26. The van der Waals surface area contributed by atoms with E-state index in [9.17, 15) is 13.2 Å². The van der Waals surface area contributed by atoms with Gasteiger partial charge in [-0.3, -0.25) is 0 Å². The van der Waals surface area contributed by atoms with Crippen molar-refractivity contribution in [1.29, 1.82) is 0 Å². The highest BCUT2D eigenvalue weighted by atomic mass is 35.5. The van der Waals surface area contributed by atoms with Crippen LogP contribution in [0.15, 0.2) is 53.8 Å². The average molecular weight is 382 g/mol. The highest BCUT2D eigenvalue weighted by Gasteiger charge is 2.30. The van der Waals surface area contributed by atoms with Crippen LogP contribution in [0.25, 0.3) is 16.9 Å². The number of rotatable bonds is 3. The molecule has 0 saturated heterocycles. The minimum absolute atomic E-state index is 0.206. The smallest absolute Gasteiger partial charge is 0.409 e. The van der Waals surface area contributed by atoms with Gasteiger partial charge in [0.1, 0.15) is 0 Å². The van der Waals surface area contributed by atoms with Gasteiger partial charge in [0, 0.05) is 16.1 Å². The lowest BCUT2D eigenvalue weighted by Crippen LogP contribution is -2.17. The topological polar surface area (TPSA) is 89.3 Å². The number of aromatic nitrogens is 3. The number of halogens is 4. The lowest BCUT2D eigenvalue weighted by Gasteiger charge is -2.13. The molecule has 0 unspecified atom stereocenters. The standard InChI is InChI=1S/C16H11ClF3N5O/c17-11-4-5-12(15(21)23-26)13(7-11)25-14(8-22-24-25)9-2-1-3-10(6-9)16(18,19)20/h1-8,26H,(H2,21,23). The maximum absolute atomic E-state index is 13.0. The van der Waals surface area contributed by atoms with E-state index in [0.717, 1.165) is 12.1 Å². The Bertz CT molecular complexity index is 984. The second-order valence-corrected chi connectivity index (χ2v) is 5.69. The van der Waals surface area contributed by atoms with Crippen molar-refractivity contribution in [3.63, 3.8) is 0 Å². The lowest BCUT2D eigenvalue weighted by molar-refractivity contribution is -0.137. The minimum Gasteiger partial charge on any atom is -0.409 e. The Morgan fingerprint density at radius 2 is 1.96 bits per heavy atom. The van der Waals surface area contributed by atoms with Crippen LogP contribution in [0, 0.1) is 0 Å². The van der Waals surface area contributed by atoms with Crippen molar-refractivity contribution < 1.29 is 18.4 Å². The average Bonchev–Trinajstić information content (AvgIpc) is 3.10. The van der Waals surface area contributed by atoms with Crippen LogP contribution in [0.3, 0.4) is 0 Å². The number of nitrogens with two attached hydrogens (primary N) is 1. The molecular formula is C16H11ClF3N5O. The number of hydrogen-bond acceptors (Lipinski definition) is 4. The van der Waals surface area contributed by atoms with Crippen LogP contribution in [0.4, 0.5) is 13.2 Å². The van der Waals surface area contributed by atoms with E-state index in [2.05, 4.69) is 15.5 Å². The zero-order valence-electron chi connectivity index (χ0n) is 12.9. The van der Waals surface area contributed by atoms with Gasteiger partial charge in [-0.25, -0.2) is 4.68 Å². The number of nitrogens with zero attached hydrogens (tertiary/aromatic N) is 4. The normalized spacial score (nSPS) is 12.4. The Hall–Kier alpha value is -3.07. The number of alkyl halides is 3. The molecule has 1 aromatic heterocycles. The third kappa shape index (κ3) is 3.33. The zero-order chi connectivity index (χ0) is 18.9. The molecular weight excluding hydrogens is 371 g/mol. The highest BCUT2D eigenvalue weighted by Crippen LogP contribution is 2.33. The van der Waals surface area contributed by atoms with Crippen molar-refractivity contribution in [2.24, 2.45) is 10.9 Å². The summed E-state index contributed by atoms with van der Waals surface area (Å²) in [5.41, 5.74) is 5.99. The monoisotopic (exact) mass is 381 g/mol. The molecule has 3 rings (SSSR count). The summed E-state index contributed by atoms with van der Waals surface area (Å²) in [6.45, 7) is 0. The fourth-order valence-electron chi connectivity index (χ4n) is 2.42. The number of amidine groups is 1. The summed E-state index contributed by atoms with van der Waals surface area (Å²) in [6, 6.07) is 9.27. The van der Waals surface area contributed by atoms with Crippen LogP contribution in [-0.2, 0) is 6.18 Å². The van der Waals surface area contributed by atoms with Crippen molar-refractivity contribution >= 4 is 17.4 Å². The first-order valence-corrected chi connectivity index (χ1v) is 7.55. The summed E-state index contributed by atoms with van der Waals surface area (Å²) < 4.78 is 40.2. The van der Waals surface area contributed by atoms with Gasteiger partial charge in [0.15, 0.2) is 5.84 Å². The molecule has 0 amide bonds. The van der Waals surface area contributed by atoms with Crippen molar-refractivity contribution in [3.8, 4) is 16.9 Å². The number of oxime groups is 1. The Labute approximate surface area is 150 Å². The van der Waals surface area contributed by atoms with Crippen LogP contribution in [0.5, 0.6) is 0 Å². The quantitative estimate of drug-likeness (QED) is 0.313. The van der Waals surface area contributed by atoms with Crippen molar-refractivity contribution in [2.75, 3.05) is 0 Å². The van der Waals surface area contributed by atoms with Gasteiger partial charge < -0.3 is 10.9 Å². The molecule has 2 aromatic carbocycles. The highest BCUT2D eigenvalue weighted by molar-refractivity contribution is 6.31. The van der Waals surface area contributed by atoms with E-state index in [-0.39, 0.29) is 22.7 Å². The molecule has 6 nitrogen and oxygen atoms in total. The summed E-state index contributed by atoms with van der Waals surface area (Å²) in [4.78, 5) is 0. The molecule has 0 aliphatic rings. The van der Waals surface area contributed by atoms with E-state index in [1.54, 1.807) is 0 Å². The molecule has 0 atom stereocenters. The van der Waals surface area contributed by atoms with E-state index in [1.807, 2.05) is 0 Å². The molecule has 0 aliphatic carbocycles. The Balaban J connectivity index is 2.19. The van der Waals surface area contributed by atoms with Gasteiger partial charge >= 0.3 is 6.18 Å². The maximum Gasteiger partial charge on any atom is 0.416 e. The van der Waals surface area contributed by atoms with Crippen LogP contribution in [-0.4, -0.2) is 26.0 Å².